The number of rotatable bonds is 7. The maximum atomic E-state index is 12.7. The zero-order valence-corrected chi connectivity index (χ0v) is 19.6. The summed E-state index contributed by atoms with van der Waals surface area (Å²) in [7, 11) is -2.06. The lowest BCUT2D eigenvalue weighted by molar-refractivity contribution is -0.116. The molecule has 176 valence electrons. The van der Waals surface area contributed by atoms with E-state index < -0.39 is 10.0 Å². The van der Waals surface area contributed by atoms with Crippen LogP contribution in [0.1, 0.15) is 29.6 Å². The first-order valence-electron chi connectivity index (χ1n) is 11.0. The van der Waals surface area contributed by atoms with Crippen molar-refractivity contribution in [3.05, 3.63) is 72.3 Å². The summed E-state index contributed by atoms with van der Waals surface area (Å²) in [4.78, 5) is 26.6. The van der Waals surface area contributed by atoms with E-state index in [-0.39, 0.29) is 29.7 Å². The Balaban J connectivity index is 1.33. The van der Waals surface area contributed by atoms with Gasteiger partial charge < -0.3 is 15.5 Å². The zero-order valence-electron chi connectivity index (χ0n) is 18.8. The Hall–Kier alpha value is -3.72. The van der Waals surface area contributed by atoms with Crippen molar-refractivity contribution < 1.29 is 18.0 Å². The number of carbonyl (C=O) groups is 2. The van der Waals surface area contributed by atoms with Crippen molar-refractivity contribution in [3.8, 4) is 0 Å². The van der Waals surface area contributed by atoms with Gasteiger partial charge in [0.15, 0.2) is 0 Å². The Morgan fingerprint density at radius 3 is 2.56 bits per heavy atom. The fourth-order valence-electron chi connectivity index (χ4n) is 3.78. The number of carbonyl (C=O) groups excluding carboxylic acids is 2. The largest absolute Gasteiger partial charge is 0.362 e. The van der Waals surface area contributed by atoms with Crippen molar-refractivity contribution >= 4 is 44.1 Å². The number of amidine groups is 1. The minimum absolute atomic E-state index is 0.0164. The second-order valence-electron chi connectivity index (χ2n) is 8.15. The Labute approximate surface area is 198 Å². The zero-order chi connectivity index (χ0) is 24.1. The van der Waals surface area contributed by atoms with Crippen LogP contribution in [-0.2, 0) is 14.8 Å². The highest BCUT2D eigenvalue weighted by Gasteiger charge is 2.20. The molecule has 1 aliphatic heterocycles. The molecule has 0 aliphatic carbocycles. The average molecular weight is 479 g/mol. The van der Waals surface area contributed by atoms with Gasteiger partial charge in [-0.15, -0.1) is 4.40 Å². The molecule has 0 unspecified atom stereocenters. The number of hydrogen-bond donors (Lipinski definition) is 2. The number of fused-ring (bicyclic) bond motifs is 1. The van der Waals surface area contributed by atoms with E-state index in [0.29, 0.717) is 23.5 Å². The maximum Gasteiger partial charge on any atom is 0.284 e. The smallest absolute Gasteiger partial charge is 0.284 e. The Kier molecular flexibility index (Phi) is 6.93. The molecule has 8 nitrogen and oxygen atoms in total. The van der Waals surface area contributed by atoms with Gasteiger partial charge in [-0.05, 0) is 47.5 Å². The van der Waals surface area contributed by atoms with Crippen molar-refractivity contribution in [3.63, 3.8) is 0 Å². The van der Waals surface area contributed by atoms with Crippen LogP contribution < -0.4 is 10.6 Å². The minimum Gasteiger partial charge on any atom is -0.362 e. The minimum atomic E-state index is -3.87. The summed E-state index contributed by atoms with van der Waals surface area (Å²) >= 11 is 0. The lowest BCUT2D eigenvalue weighted by Gasteiger charge is -2.11. The molecule has 9 heteroatoms. The predicted molar refractivity (Wildman–Crippen MR) is 132 cm³/mol. The topological polar surface area (TPSA) is 108 Å². The van der Waals surface area contributed by atoms with Gasteiger partial charge in [-0.1, -0.05) is 36.4 Å². The van der Waals surface area contributed by atoms with Crippen LogP contribution in [0.15, 0.2) is 76.0 Å². The number of amides is 2. The highest BCUT2D eigenvalue weighted by atomic mass is 32.2. The van der Waals surface area contributed by atoms with Gasteiger partial charge in [-0.3, -0.25) is 9.59 Å². The molecule has 3 aromatic rings. The van der Waals surface area contributed by atoms with Gasteiger partial charge >= 0.3 is 0 Å². The number of nitrogens with zero attached hydrogens (tertiary/aromatic N) is 2. The van der Waals surface area contributed by atoms with Crippen LogP contribution in [0.3, 0.4) is 0 Å². The number of likely N-dealkylation sites (tertiary alicyclic amines) is 1. The number of nitrogens with one attached hydrogen (secondary N) is 2. The maximum absolute atomic E-state index is 12.7. The molecular formula is C25H26N4O4S. The van der Waals surface area contributed by atoms with E-state index in [0.717, 1.165) is 23.7 Å². The Morgan fingerprint density at radius 2 is 1.79 bits per heavy atom. The average Bonchev–Trinajstić information content (AvgIpc) is 3.22. The third kappa shape index (κ3) is 5.60. The summed E-state index contributed by atoms with van der Waals surface area (Å²) in [5.74, 6) is -0.0607. The summed E-state index contributed by atoms with van der Waals surface area (Å²) in [5, 5.41) is 7.43. The van der Waals surface area contributed by atoms with E-state index >= 15 is 0 Å². The molecule has 0 aromatic heterocycles. The Morgan fingerprint density at radius 1 is 1.00 bits per heavy atom. The summed E-state index contributed by atoms with van der Waals surface area (Å²) in [6.45, 7) is 0.928. The molecule has 0 spiro atoms. The molecule has 4 rings (SSSR count). The second-order valence-corrected chi connectivity index (χ2v) is 9.76. The highest BCUT2D eigenvalue weighted by molar-refractivity contribution is 7.90. The van der Waals surface area contributed by atoms with Crippen LogP contribution in [0.2, 0.25) is 0 Å². The first-order valence-corrected chi connectivity index (χ1v) is 12.5. The van der Waals surface area contributed by atoms with Crippen LogP contribution in [0.4, 0.5) is 5.69 Å². The summed E-state index contributed by atoms with van der Waals surface area (Å²) in [5.41, 5.74) is 0.874. The first-order chi connectivity index (χ1) is 16.3. The molecule has 1 heterocycles. The molecular weight excluding hydrogens is 452 g/mol. The SMILES string of the molecule is CN1CCC/C1=N\S(=O)(=O)c1cccc(NC(=O)CCNC(=O)c2ccc3ccccc3c2)c1. The van der Waals surface area contributed by atoms with E-state index in [4.69, 9.17) is 0 Å². The van der Waals surface area contributed by atoms with E-state index in [1.165, 1.54) is 12.1 Å². The number of anilines is 1. The lowest BCUT2D eigenvalue weighted by atomic mass is 10.1. The van der Waals surface area contributed by atoms with Crippen molar-refractivity contribution in [1.29, 1.82) is 0 Å². The van der Waals surface area contributed by atoms with Gasteiger partial charge in [-0.2, -0.15) is 8.42 Å². The molecule has 3 aromatic carbocycles. The Bertz CT molecular complexity index is 1370. The lowest BCUT2D eigenvalue weighted by Crippen LogP contribution is -2.27. The monoisotopic (exact) mass is 478 g/mol. The van der Waals surface area contributed by atoms with E-state index in [2.05, 4.69) is 15.0 Å². The predicted octanol–water partition coefficient (Wildman–Crippen LogP) is 3.41. The van der Waals surface area contributed by atoms with Gasteiger partial charge in [0.1, 0.15) is 5.84 Å². The fraction of sp³-hybridized carbons (Fsp3) is 0.240. The van der Waals surface area contributed by atoms with E-state index in [9.17, 15) is 18.0 Å². The van der Waals surface area contributed by atoms with Crippen LogP contribution in [0, 0.1) is 0 Å². The molecule has 1 aliphatic rings. The number of hydrogen-bond acceptors (Lipinski definition) is 4. The third-order valence-electron chi connectivity index (χ3n) is 5.63. The normalized spacial score (nSPS) is 15.0. The molecule has 2 amide bonds. The van der Waals surface area contributed by atoms with Gasteiger partial charge in [0.25, 0.3) is 15.9 Å². The van der Waals surface area contributed by atoms with Crippen LogP contribution in [0.5, 0.6) is 0 Å². The molecule has 0 atom stereocenters. The molecule has 34 heavy (non-hydrogen) atoms. The first kappa shape index (κ1) is 23.4. The number of benzene rings is 3. The van der Waals surface area contributed by atoms with Crippen molar-refractivity contribution in [2.45, 2.75) is 24.2 Å². The molecule has 0 bridgehead atoms. The van der Waals surface area contributed by atoms with Gasteiger partial charge in [0.2, 0.25) is 5.91 Å². The summed E-state index contributed by atoms with van der Waals surface area (Å²) in [6.07, 6.45) is 1.54. The van der Waals surface area contributed by atoms with E-state index in [1.54, 1.807) is 18.2 Å². The fourth-order valence-corrected chi connectivity index (χ4v) is 4.92. The van der Waals surface area contributed by atoms with Gasteiger partial charge in [0, 0.05) is 44.2 Å². The third-order valence-corrected chi connectivity index (χ3v) is 6.93. The van der Waals surface area contributed by atoms with E-state index in [1.807, 2.05) is 48.3 Å². The standard InChI is InChI=1S/C25H26N4O4S/c1-29-15-5-10-23(29)28-34(32,33)22-9-4-8-21(17-22)27-24(30)13-14-26-25(31)20-12-11-18-6-2-3-7-19(18)16-20/h2-4,6-9,11-12,16-17H,5,10,13-15H2,1H3,(H,26,31)(H,27,30)/b28-23+. The second kappa shape index (κ2) is 10.0. The molecule has 0 radical (unpaired) electrons. The van der Waals surface area contributed by atoms with Crippen molar-refractivity contribution in [2.24, 2.45) is 4.40 Å². The molecule has 1 fully saturated rings. The van der Waals surface area contributed by atoms with Gasteiger partial charge in [-0.25, -0.2) is 0 Å². The number of sulfonamides is 1. The highest BCUT2D eigenvalue weighted by Crippen LogP contribution is 2.20. The quantitative estimate of drug-likeness (QED) is 0.541. The molecule has 0 saturated carbocycles. The summed E-state index contributed by atoms with van der Waals surface area (Å²) < 4.78 is 29.3. The van der Waals surface area contributed by atoms with Gasteiger partial charge in [0.05, 0.1) is 4.90 Å². The molecule has 2 N–H and O–H groups in total. The summed E-state index contributed by atoms with van der Waals surface area (Å²) in [6, 6.07) is 19.2. The van der Waals surface area contributed by atoms with Crippen LogP contribution in [0.25, 0.3) is 10.8 Å². The van der Waals surface area contributed by atoms with Crippen molar-refractivity contribution in [1.82, 2.24) is 10.2 Å². The molecule has 1 saturated heterocycles. The van der Waals surface area contributed by atoms with Crippen molar-refractivity contribution in [2.75, 3.05) is 25.5 Å². The van der Waals surface area contributed by atoms with Crippen LogP contribution in [-0.4, -0.2) is 51.1 Å². The van der Waals surface area contributed by atoms with Crippen LogP contribution >= 0.6 is 0 Å².